The van der Waals surface area contributed by atoms with E-state index in [0.29, 0.717) is 17.5 Å². The molecule has 0 aliphatic heterocycles. The van der Waals surface area contributed by atoms with Crippen molar-refractivity contribution in [1.29, 1.82) is 0 Å². The molecule has 76 valence electrons. The van der Waals surface area contributed by atoms with Crippen molar-refractivity contribution in [2.75, 3.05) is 0 Å². The Balaban J connectivity index is 2.68. The molecule has 0 spiro atoms. The molecule has 2 aromatic rings. The summed E-state index contributed by atoms with van der Waals surface area (Å²) in [5.41, 5.74) is 0.884. The normalized spacial score (nSPS) is 10.3. The summed E-state index contributed by atoms with van der Waals surface area (Å²) >= 11 is 10.7. The van der Waals surface area contributed by atoms with Gasteiger partial charge in [-0.3, -0.25) is 4.79 Å². The van der Waals surface area contributed by atoms with Gasteiger partial charge in [0, 0.05) is 4.47 Å². The van der Waals surface area contributed by atoms with Crippen molar-refractivity contribution in [3.8, 4) is 10.6 Å². The summed E-state index contributed by atoms with van der Waals surface area (Å²) in [6.45, 7) is 0. The molecule has 0 aliphatic carbocycles. The predicted molar refractivity (Wildman–Crippen MR) is 63.4 cm³/mol. The lowest BCUT2D eigenvalue weighted by molar-refractivity contribution is 0.112. The monoisotopic (exact) mass is 302 g/mol. The summed E-state index contributed by atoms with van der Waals surface area (Å²) in [6.07, 6.45) is 2.01. The zero-order valence-electron chi connectivity index (χ0n) is 7.28. The molecule has 0 saturated carbocycles. The van der Waals surface area contributed by atoms with Gasteiger partial charge in [0.25, 0.3) is 0 Å². The van der Waals surface area contributed by atoms with Gasteiger partial charge in [-0.2, -0.15) is 0 Å². The van der Waals surface area contributed by atoms with Crippen molar-refractivity contribution in [3.63, 3.8) is 0 Å². The number of nitrogens with zero attached hydrogens (tertiary/aromatic N) is 2. The zero-order chi connectivity index (χ0) is 10.8. The molecular formula is C9H4BrClN2OS. The maximum absolute atomic E-state index is 10.9. The molecular weight excluding hydrogens is 300 g/mol. The number of hydrogen-bond acceptors (Lipinski definition) is 4. The Bertz CT molecular complexity index is 515. The lowest BCUT2D eigenvalue weighted by Crippen LogP contribution is -1.94. The molecule has 0 atom stereocenters. The molecule has 0 bridgehead atoms. The van der Waals surface area contributed by atoms with Crippen LogP contribution in [0.4, 0.5) is 0 Å². The second-order valence-electron chi connectivity index (χ2n) is 2.64. The minimum absolute atomic E-state index is 0.176. The Morgan fingerprint density at radius 1 is 1.47 bits per heavy atom. The van der Waals surface area contributed by atoms with Gasteiger partial charge in [-0.15, -0.1) is 11.3 Å². The molecule has 6 heteroatoms. The van der Waals surface area contributed by atoms with Crippen LogP contribution in [0, 0.1) is 0 Å². The smallest absolute Gasteiger partial charge is 0.155 e. The second kappa shape index (κ2) is 4.38. The minimum Gasteiger partial charge on any atom is -0.298 e. The highest BCUT2D eigenvalue weighted by molar-refractivity contribution is 9.10. The van der Waals surface area contributed by atoms with E-state index in [0.717, 1.165) is 9.35 Å². The quantitative estimate of drug-likeness (QED) is 0.630. The van der Waals surface area contributed by atoms with Gasteiger partial charge in [-0.25, -0.2) is 9.97 Å². The zero-order valence-corrected chi connectivity index (χ0v) is 10.4. The second-order valence-corrected chi connectivity index (χ2v) is 4.77. The van der Waals surface area contributed by atoms with Gasteiger partial charge in [-0.05, 0) is 27.4 Å². The van der Waals surface area contributed by atoms with E-state index in [9.17, 15) is 4.79 Å². The molecule has 0 unspecified atom stereocenters. The van der Waals surface area contributed by atoms with Crippen LogP contribution in [0.5, 0.6) is 0 Å². The van der Waals surface area contributed by atoms with Gasteiger partial charge >= 0.3 is 0 Å². The van der Waals surface area contributed by atoms with Crippen LogP contribution >= 0.6 is 38.9 Å². The average Bonchev–Trinajstić information content (AvgIpc) is 2.64. The van der Waals surface area contributed by atoms with Crippen molar-refractivity contribution in [3.05, 3.63) is 33.0 Å². The fourth-order valence-corrected chi connectivity index (χ4v) is 2.87. The average molecular weight is 304 g/mol. The molecule has 2 rings (SSSR count). The van der Waals surface area contributed by atoms with E-state index >= 15 is 0 Å². The summed E-state index contributed by atoms with van der Waals surface area (Å²) < 4.78 is 0.894. The Kier molecular flexibility index (Phi) is 3.14. The first-order valence-electron chi connectivity index (χ1n) is 3.93. The molecule has 0 aliphatic rings. The number of carbonyl (C=O) groups excluding carboxylic acids is 1. The van der Waals surface area contributed by atoms with E-state index in [-0.39, 0.29) is 5.15 Å². The number of carbonyl (C=O) groups is 1. The predicted octanol–water partition coefficient (Wildman–Crippen LogP) is 3.43. The van der Waals surface area contributed by atoms with Crippen LogP contribution in [0.2, 0.25) is 5.15 Å². The molecule has 0 saturated heterocycles. The highest BCUT2D eigenvalue weighted by Crippen LogP contribution is 2.34. The third-order valence-corrected chi connectivity index (χ3v) is 3.93. The van der Waals surface area contributed by atoms with E-state index in [4.69, 9.17) is 11.6 Å². The summed E-state index contributed by atoms with van der Waals surface area (Å²) in [7, 11) is 0. The first kappa shape index (κ1) is 10.7. The standard InChI is InChI=1S/C9H4BrClN2OS/c10-6-1-2-15-8(6)7-5(3-14)9(11)13-4-12-7/h1-4H. The first-order valence-corrected chi connectivity index (χ1v) is 5.98. The molecule has 0 amide bonds. The lowest BCUT2D eigenvalue weighted by atomic mass is 10.2. The summed E-state index contributed by atoms with van der Waals surface area (Å²) in [5.74, 6) is 0. The summed E-state index contributed by atoms with van der Waals surface area (Å²) in [4.78, 5) is 19.6. The maximum Gasteiger partial charge on any atom is 0.155 e. The lowest BCUT2D eigenvalue weighted by Gasteiger charge is -2.02. The van der Waals surface area contributed by atoms with Crippen LogP contribution in [-0.4, -0.2) is 16.3 Å². The fourth-order valence-electron chi connectivity index (χ4n) is 1.12. The Morgan fingerprint density at radius 2 is 2.27 bits per heavy atom. The van der Waals surface area contributed by atoms with Crippen molar-refractivity contribution in [1.82, 2.24) is 9.97 Å². The SMILES string of the molecule is O=Cc1c(Cl)ncnc1-c1sccc1Br. The minimum atomic E-state index is 0.176. The van der Waals surface area contributed by atoms with Crippen molar-refractivity contribution in [2.24, 2.45) is 0 Å². The number of thiophene rings is 1. The van der Waals surface area contributed by atoms with Gasteiger partial charge in [0.05, 0.1) is 16.1 Å². The Morgan fingerprint density at radius 3 is 2.87 bits per heavy atom. The molecule has 0 N–H and O–H groups in total. The van der Waals surface area contributed by atoms with Crippen LogP contribution in [0.1, 0.15) is 10.4 Å². The van der Waals surface area contributed by atoms with Crippen LogP contribution < -0.4 is 0 Å². The van der Waals surface area contributed by atoms with Gasteiger partial charge in [0.2, 0.25) is 0 Å². The van der Waals surface area contributed by atoms with Gasteiger partial charge in [0.15, 0.2) is 6.29 Å². The number of halogens is 2. The van der Waals surface area contributed by atoms with Crippen LogP contribution in [0.15, 0.2) is 22.2 Å². The molecule has 2 heterocycles. The van der Waals surface area contributed by atoms with Crippen molar-refractivity contribution < 1.29 is 4.79 Å². The fraction of sp³-hybridized carbons (Fsp3) is 0. The molecule has 2 aromatic heterocycles. The largest absolute Gasteiger partial charge is 0.298 e. The van der Waals surface area contributed by atoms with E-state index in [1.165, 1.54) is 17.7 Å². The van der Waals surface area contributed by atoms with E-state index in [2.05, 4.69) is 25.9 Å². The third kappa shape index (κ3) is 1.95. The maximum atomic E-state index is 10.9. The Hall–Kier alpha value is -0.780. The molecule has 0 fully saturated rings. The van der Waals surface area contributed by atoms with Gasteiger partial charge < -0.3 is 0 Å². The molecule has 3 nitrogen and oxygen atoms in total. The Labute approximate surface area is 103 Å². The van der Waals surface area contributed by atoms with Crippen LogP contribution in [0.3, 0.4) is 0 Å². The molecule has 0 aromatic carbocycles. The topological polar surface area (TPSA) is 42.9 Å². The summed E-state index contributed by atoms with van der Waals surface area (Å²) in [5, 5.41) is 2.08. The number of aldehydes is 1. The summed E-state index contributed by atoms with van der Waals surface area (Å²) in [6, 6.07) is 1.89. The van der Waals surface area contributed by atoms with E-state index in [1.807, 2.05) is 11.4 Å². The van der Waals surface area contributed by atoms with Gasteiger partial charge in [-0.1, -0.05) is 11.6 Å². The van der Waals surface area contributed by atoms with Crippen LogP contribution in [-0.2, 0) is 0 Å². The number of aromatic nitrogens is 2. The van der Waals surface area contributed by atoms with E-state index < -0.39 is 0 Å². The molecule has 0 radical (unpaired) electrons. The van der Waals surface area contributed by atoms with Crippen LogP contribution in [0.25, 0.3) is 10.6 Å². The first-order chi connectivity index (χ1) is 7.24. The van der Waals surface area contributed by atoms with E-state index in [1.54, 1.807) is 0 Å². The number of hydrogen-bond donors (Lipinski definition) is 0. The number of rotatable bonds is 2. The van der Waals surface area contributed by atoms with Gasteiger partial charge in [0.1, 0.15) is 11.5 Å². The molecule has 15 heavy (non-hydrogen) atoms. The highest BCUT2D eigenvalue weighted by Gasteiger charge is 2.14. The van der Waals surface area contributed by atoms with Crippen molar-refractivity contribution >= 4 is 45.2 Å². The van der Waals surface area contributed by atoms with Crippen molar-refractivity contribution in [2.45, 2.75) is 0 Å². The highest BCUT2D eigenvalue weighted by atomic mass is 79.9. The third-order valence-electron chi connectivity index (χ3n) is 1.79.